The van der Waals surface area contributed by atoms with Crippen LogP contribution in [0.25, 0.3) is 0 Å². The molecule has 106 valence electrons. The zero-order valence-corrected chi connectivity index (χ0v) is 12.0. The molecule has 2 rings (SSSR count). The average molecular weight is 293 g/mol. The van der Waals surface area contributed by atoms with E-state index < -0.39 is 0 Å². The van der Waals surface area contributed by atoms with E-state index in [4.69, 9.17) is 27.4 Å². The third-order valence-electron chi connectivity index (χ3n) is 2.83. The number of nitrogens with zero attached hydrogens (tertiary/aromatic N) is 1. The number of benzene rings is 1. The highest BCUT2D eigenvalue weighted by molar-refractivity contribution is 7.71. The standard InChI is InChI=1S/C13H15N3O3S/c1-18-9-4-3-8(5-10(9)19-2)7-16-12(17)6-11(14)15-13(16)20/h3-6H,7,14H2,1-2H3,(H,15,20). The number of ether oxygens (including phenoxy) is 2. The lowest BCUT2D eigenvalue weighted by Crippen LogP contribution is -2.22. The van der Waals surface area contributed by atoms with E-state index in [9.17, 15) is 4.79 Å². The van der Waals surface area contributed by atoms with Gasteiger partial charge in [0.1, 0.15) is 5.82 Å². The normalized spacial score (nSPS) is 10.3. The Hall–Kier alpha value is -2.28. The predicted molar refractivity (Wildman–Crippen MR) is 78.9 cm³/mol. The number of nitrogens with two attached hydrogens (primary N) is 1. The summed E-state index contributed by atoms with van der Waals surface area (Å²) in [5.74, 6) is 1.48. The Labute approximate surface area is 120 Å². The van der Waals surface area contributed by atoms with Crippen LogP contribution in [0.1, 0.15) is 5.56 Å². The number of methoxy groups -OCH3 is 2. The van der Waals surface area contributed by atoms with Gasteiger partial charge in [-0.05, 0) is 29.9 Å². The molecule has 0 aliphatic carbocycles. The van der Waals surface area contributed by atoms with Crippen LogP contribution in [0, 0.1) is 4.77 Å². The second-order valence-corrected chi connectivity index (χ2v) is 4.53. The van der Waals surface area contributed by atoms with Gasteiger partial charge in [0.15, 0.2) is 16.3 Å². The predicted octanol–water partition coefficient (Wildman–Crippen LogP) is 1.55. The molecule has 1 aromatic heterocycles. The monoisotopic (exact) mass is 293 g/mol. The third kappa shape index (κ3) is 2.83. The fraction of sp³-hybridized carbons (Fsp3) is 0.231. The minimum Gasteiger partial charge on any atom is -0.493 e. The molecule has 0 amide bonds. The summed E-state index contributed by atoms with van der Waals surface area (Å²) in [5.41, 5.74) is 6.15. The van der Waals surface area contributed by atoms with Gasteiger partial charge >= 0.3 is 0 Å². The third-order valence-corrected chi connectivity index (χ3v) is 3.15. The number of H-pyrrole nitrogens is 1. The molecule has 3 N–H and O–H groups in total. The Bertz CT molecular complexity index is 705. The summed E-state index contributed by atoms with van der Waals surface area (Å²) >= 11 is 5.11. The summed E-state index contributed by atoms with van der Waals surface area (Å²) in [6, 6.07) is 6.73. The van der Waals surface area contributed by atoms with Gasteiger partial charge in [-0.2, -0.15) is 0 Å². The maximum Gasteiger partial charge on any atom is 0.256 e. The SMILES string of the molecule is COc1ccc(Cn2c(=O)cc(N)[nH]c2=S)cc1OC. The average Bonchev–Trinajstić information content (AvgIpc) is 2.42. The minimum atomic E-state index is -0.249. The lowest BCUT2D eigenvalue weighted by Gasteiger charge is -2.11. The van der Waals surface area contributed by atoms with Crippen LogP contribution in [0.5, 0.6) is 11.5 Å². The van der Waals surface area contributed by atoms with Crippen molar-refractivity contribution in [2.75, 3.05) is 20.0 Å². The first kappa shape index (κ1) is 14.1. The van der Waals surface area contributed by atoms with Crippen LogP contribution < -0.4 is 20.8 Å². The number of aromatic amines is 1. The molecule has 0 radical (unpaired) electrons. The van der Waals surface area contributed by atoms with Crippen molar-refractivity contribution in [1.29, 1.82) is 0 Å². The van der Waals surface area contributed by atoms with E-state index in [0.29, 0.717) is 18.0 Å². The highest BCUT2D eigenvalue weighted by Crippen LogP contribution is 2.27. The molecule has 0 aliphatic heterocycles. The van der Waals surface area contributed by atoms with Crippen LogP contribution in [0.2, 0.25) is 0 Å². The van der Waals surface area contributed by atoms with Gasteiger partial charge in [0.05, 0.1) is 20.8 Å². The van der Waals surface area contributed by atoms with Gasteiger partial charge in [-0.25, -0.2) is 0 Å². The van der Waals surface area contributed by atoms with Gasteiger partial charge in [0.2, 0.25) is 0 Å². The molecule has 0 saturated heterocycles. The Morgan fingerprint density at radius 2 is 1.95 bits per heavy atom. The van der Waals surface area contributed by atoms with E-state index in [0.717, 1.165) is 5.56 Å². The van der Waals surface area contributed by atoms with Crippen molar-refractivity contribution in [2.45, 2.75) is 6.54 Å². The summed E-state index contributed by atoms with van der Waals surface area (Å²) < 4.78 is 12.1. The molecular weight excluding hydrogens is 278 g/mol. The highest BCUT2D eigenvalue weighted by Gasteiger charge is 2.07. The molecule has 2 aromatic rings. The smallest absolute Gasteiger partial charge is 0.256 e. The second-order valence-electron chi connectivity index (χ2n) is 4.14. The van der Waals surface area contributed by atoms with Crippen LogP contribution in [0.15, 0.2) is 29.1 Å². The zero-order valence-electron chi connectivity index (χ0n) is 11.2. The number of anilines is 1. The number of nitrogen functional groups attached to an aromatic ring is 1. The molecule has 1 heterocycles. The number of aromatic nitrogens is 2. The van der Waals surface area contributed by atoms with E-state index in [2.05, 4.69) is 4.98 Å². The van der Waals surface area contributed by atoms with E-state index >= 15 is 0 Å². The van der Waals surface area contributed by atoms with Gasteiger partial charge in [0, 0.05) is 6.07 Å². The van der Waals surface area contributed by atoms with Crippen molar-refractivity contribution in [3.8, 4) is 11.5 Å². The van der Waals surface area contributed by atoms with E-state index in [1.165, 1.54) is 10.6 Å². The van der Waals surface area contributed by atoms with Crippen LogP contribution in [0.4, 0.5) is 5.82 Å². The minimum absolute atomic E-state index is 0.249. The Balaban J connectivity index is 2.41. The Morgan fingerprint density at radius 3 is 2.55 bits per heavy atom. The van der Waals surface area contributed by atoms with Gasteiger partial charge in [-0.1, -0.05) is 6.07 Å². The Kier molecular flexibility index (Phi) is 4.09. The maximum absolute atomic E-state index is 11.9. The molecule has 0 saturated carbocycles. The van der Waals surface area contributed by atoms with Crippen LogP contribution in [-0.4, -0.2) is 23.8 Å². The largest absolute Gasteiger partial charge is 0.493 e. The van der Waals surface area contributed by atoms with Crippen LogP contribution in [-0.2, 0) is 6.54 Å². The fourth-order valence-corrected chi connectivity index (χ4v) is 2.12. The Morgan fingerprint density at radius 1 is 1.25 bits per heavy atom. The molecule has 1 aromatic carbocycles. The highest BCUT2D eigenvalue weighted by atomic mass is 32.1. The van der Waals surface area contributed by atoms with E-state index in [-0.39, 0.29) is 16.1 Å². The van der Waals surface area contributed by atoms with Crippen LogP contribution >= 0.6 is 12.2 Å². The first-order chi connectivity index (χ1) is 9.55. The molecule has 20 heavy (non-hydrogen) atoms. The lowest BCUT2D eigenvalue weighted by molar-refractivity contribution is 0.354. The van der Waals surface area contributed by atoms with Crippen molar-refractivity contribution in [2.24, 2.45) is 0 Å². The summed E-state index contributed by atoms with van der Waals surface area (Å²) in [6.07, 6.45) is 0. The molecular formula is C13H15N3O3S. The van der Waals surface area contributed by atoms with E-state index in [1.54, 1.807) is 26.4 Å². The van der Waals surface area contributed by atoms with Crippen molar-refractivity contribution < 1.29 is 9.47 Å². The number of hydrogen-bond acceptors (Lipinski definition) is 5. The van der Waals surface area contributed by atoms with Gasteiger partial charge in [-0.15, -0.1) is 0 Å². The van der Waals surface area contributed by atoms with Crippen molar-refractivity contribution in [3.05, 3.63) is 45.0 Å². The van der Waals surface area contributed by atoms with Gasteiger partial charge in [0.25, 0.3) is 5.56 Å². The molecule has 0 spiro atoms. The molecule has 0 atom stereocenters. The van der Waals surface area contributed by atoms with Crippen molar-refractivity contribution in [3.63, 3.8) is 0 Å². The first-order valence-electron chi connectivity index (χ1n) is 5.85. The molecule has 0 unspecified atom stereocenters. The fourth-order valence-electron chi connectivity index (χ4n) is 1.85. The summed E-state index contributed by atoms with van der Waals surface area (Å²) in [7, 11) is 3.13. The summed E-state index contributed by atoms with van der Waals surface area (Å²) in [6.45, 7) is 0.328. The van der Waals surface area contributed by atoms with Gasteiger partial charge in [-0.3, -0.25) is 9.36 Å². The molecule has 0 fully saturated rings. The lowest BCUT2D eigenvalue weighted by atomic mass is 10.2. The molecule has 0 bridgehead atoms. The van der Waals surface area contributed by atoms with Crippen molar-refractivity contribution in [1.82, 2.24) is 9.55 Å². The topological polar surface area (TPSA) is 82.3 Å². The summed E-state index contributed by atoms with van der Waals surface area (Å²) in [4.78, 5) is 14.6. The van der Waals surface area contributed by atoms with Gasteiger partial charge < -0.3 is 20.2 Å². The summed E-state index contributed by atoms with van der Waals surface area (Å²) in [5, 5.41) is 0. The molecule has 6 nitrogen and oxygen atoms in total. The molecule has 0 aliphatic rings. The van der Waals surface area contributed by atoms with Crippen LogP contribution in [0.3, 0.4) is 0 Å². The number of rotatable bonds is 4. The number of hydrogen-bond donors (Lipinski definition) is 2. The second kappa shape index (κ2) is 5.79. The molecule has 7 heteroatoms. The zero-order chi connectivity index (χ0) is 14.7. The number of nitrogens with one attached hydrogen (secondary N) is 1. The quantitative estimate of drug-likeness (QED) is 0.836. The first-order valence-corrected chi connectivity index (χ1v) is 6.26. The van der Waals surface area contributed by atoms with E-state index in [1.807, 2.05) is 6.07 Å². The maximum atomic E-state index is 11.9. The van der Waals surface area contributed by atoms with Crippen molar-refractivity contribution >= 4 is 18.0 Å².